The molecule has 4 aromatic rings. The Labute approximate surface area is 282 Å². The van der Waals surface area contributed by atoms with Crippen molar-refractivity contribution >= 4 is 30.6 Å². The van der Waals surface area contributed by atoms with Crippen molar-refractivity contribution in [3.05, 3.63) is 100 Å². The zero-order valence-electron chi connectivity index (χ0n) is 27.6. The number of methoxy groups -OCH3 is 1. The predicted molar refractivity (Wildman–Crippen MR) is 180 cm³/mol. The van der Waals surface area contributed by atoms with Gasteiger partial charge < -0.3 is 24.5 Å². The smallest absolute Gasteiger partial charge is 0.323 e. The lowest BCUT2D eigenvalue weighted by atomic mass is 9.98. The number of nitrogens with zero attached hydrogens (tertiary/aromatic N) is 3. The van der Waals surface area contributed by atoms with E-state index in [1.807, 2.05) is 0 Å². The average Bonchev–Trinajstić information content (AvgIpc) is 3.11. The number of nitrogens with one attached hydrogen (secondary N) is 4. The van der Waals surface area contributed by atoms with Gasteiger partial charge in [0, 0.05) is 17.7 Å². The number of aromatic amines is 1. The van der Waals surface area contributed by atoms with E-state index in [0.29, 0.717) is 22.6 Å². The first-order valence-electron chi connectivity index (χ1n) is 15.4. The average molecular weight is 692 g/mol. The highest BCUT2D eigenvalue weighted by molar-refractivity contribution is 7.67. The second kappa shape index (κ2) is 16.7. The molecule has 0 radical (unpaired) electrons. The normalized spacial score (nSPS) is 13.1. The topological polar surface area (TPSA) is 204 Å². The summed E-state index contributed by atoms with van der Waals surface area (Å²) in [6, 6.07) is 13.8. The molecule has 49 heavy (non-hydrogen) atoms. The van der Waals surface area contributed by atoms with Gasteiger partial charge in [-0.1, -0.05) is 24.3 Å². The molecule has 0 saturated heterocycles. The van der Waals surface area contributed by atoms with Crippen LogP contribution in [0.4, 0.5) is 0 Å². The second-order valence-corrected chi connectivity index (χ2v) is 12.9. The van der Waals surface area contributed by atoms with Crippen molar-refractivity contribution in [2.45, 2.75) is 45.8 Å². The molecule has 4 rings (SSSR count). The zero-order valence-corrected chi connectivity index (χ0v) is 28.5. The minimum absolute atomic E-state index is 0.128. The van der Waals surface area contributed by atoms with E-state index in [1.165, 1.54) is 27.2 Å². The molecule has 0 spiro atoms. The van der Waals surface area contributed by atoms with Crippen LogP contribution in [0.2, 0.25) is 0 Å². The van der Waals surface area contributed by atoms with Crippen molar-refractivity contribution in [3.8, 4) is 17.3 Å². The molecular formula is C33H38N7O8P. The fourth-order valence-corrected chi connectivity index (χ4v) is 6.97. The van der Waals surface area contributed by atoms with Crippen molar-refractivity contribution in [2.24, 2.45) is 0 Å². The number of esters is 2. The summed E-state index contributed by atoms with van der Waals surface area (Å²) in [5, 5.41) is 16.5. The number of amides is 1. The Hall–Kier alpha value is -5.24. The maximum Gasteiger partial charge on any atom is 0.323 e. The number of carbonyl (C=O) groups is 3. The molecule has 0 aliphatic rings. The fourth-order valence-electron chi connectivity index (χ4n) is 4.73. The van der Waals surface area contributed by atoms with Gasteiger partial charge in [-0.25, -0.2) is 15.2 Å². The Morgan fingerprint density at radius 2 is 1.45 bits per heavy atom. The Morgan fingerprint density at radius 1 is 0.878 bits per heavy atom. The van der Waals surface area contributed by atoms with Gasteiger partial charge in [0.2, 0.25) is 7.44 Å². The highest BCUT2D eigenvalue weighted by atomic mass is 31.2. The van der Waals surface area contributed by atoms with E-state index in [-0.39, 0.29) is 29.9 Å². The van der Waals surface area contributed by atoms with E-state index in [0.717, 1.165) is 6.20 Å². The van der Waals surface area contributed by atoms with Crippen molar-refractivity contribution in [2.75, 3.05) is 20.3 Å². The van der Waals surface area contributed by atoms with E-state index in [9.17, 15) is 23.7 Å². The number of benzene rings is 2. The maximum atomic E-state index is 14.4. The molecule has 3 atom stereocenters. The molecule has 1 amide bonds. The Balaban J connectivity index is 1.68. The van der Waals surface area contributed by atoms with Gasteiger partial charge in [0.25, 0.3) is 11.5 Å². The molecular weight excluding hydrogens is 653 g/mol. The van der Waals surface area contributed by atoms with Gasteiger partial charge >= 0.3 is 11.9 Å². The highest BCUT2D eigenvalue weighted by Crippen LogP contribution is 2.37. The van der Waals surface area contributed by atoms with Crippen LogP contribution >= 0.6 is 7.44 Å². The van der Waals surface area contributed by atoms with Gasteiger partial charge in [-0.15, -0.1) is 5.10 Å². The first-order valence-corrected chi connectivity index (χ1v) is 17.1. The molecule has 0 fully saturated rings. The maximum absolute atomic E-state index is 14.4. The minimum atomic E-state index is -3.85. The summed E-state index contributed by atoms with van der Waals surface area (Å²) < 4.78 is 29.9. The quantitative estimate of drug-likeness (QED) is 0.105. The van der Waals surface area contributed by atoms with Gasteiger partial charge in [-0.05, 0) is 75.2 Å². The standard InChI is InChI=1S/C33H38N7O8P/c1-6-47-32(43)20(3)39-49(45,40-21(4)33(44)48-7-2)25-16-12-23(13-17-25)28(22-10-14-24(46-5)15-11-22)36-30(41)26-19-34-29(37-31(26)42)27-9-8-18-35-38-27/h8-21,28H,6-7H2,1-5H3,(H,36,41)(H,34,37,42)(H2,39,40,45)/t20-,21-,28?/m1/s1. The van der Waals surface area contributed by atoms with Crippen LogP contribution in [-0.2, 0) is 23.6 Å². The monoisotopic (exact) mass is 691 g/mol. The number of aromatic nitrogens is 4. The summed E-state index contributed by atoms with van der Waals surface area (Å²) in [6.45, 7) is 6.57. The summed E-state index contributed by atoms with van der Waals surface area (Å²) in [5.74, 6) is -1.21. The number of H-pyrrole nitrogens is 1. The van der Waals surface area contributed by atoms with Gasteiger partial charge in [0.15, 0.2) is 5.82 Å². The number of hydrogen-bond donors (Lipinski definition) is 4. The van der Waals surface area contributed by atoms with E-state index in [4.69, 9.17) is 14.2 Å². The molecule has 4 N–H and O–H groups in total. The molecule has 15 nitrogen and oxygen atoms in total. The fraction of sp³-hybridized carbons (Fsp3) is 0.303. The SMILES string of the molecule is CCOC(=O)[C@@H](C)NP(=O)(N[C@H](C)C(=O)OCC)c1ccc(C(NC(=O)c2cnc(-c3cccnn3)[nH]c2=O)c2ccc(OC)cc2)cc1. The van der Waals surface area contributed by atoms with Crippen LogP contribution in [0.1, 0.15) is 55.2 Å². The number of carbonyl (C=O) groups excluding carboxylic acids is 3. The number of ether oxygens (including phenoxy) is 3. The van der Waals surface area contributed by atoms with Crippen LogP contribution in [0.5, 0.6) is 5.75 Å². The van der Waals surface area contributed by atoms with Gasteiger partial charge in [0.05, 0.1) is 26.4 Å². The van der Waals surface area contributed by atoms with Crippen molar-refractivity contribution in [1.29, 1.82) is 0 Å². The van der Waals surface area contributed by atoms with E-state index in [1.54, 1.807) is 74.5 Å². The molecule has 2 aromatic carbocycles. The highest BCUT2D eigenvalue weighted by Gasteiger charge is 2.34. The third kappa shape index (κ3) is 9.22. The molecule has 0 saturated carbocycles. The lowest BCUT2D eigenvalue weighted by Gasteiger charge is -2.27. The van der Waals surface area contributed by atoms with E-state index < -0.39 is 49.0 Å². The molecule has 1 unspecified atom stereocenters. The van der Waals surface area contributed by atoms with Crippen LogP contribution in [0.15, 0.2) is 77.9 Å². The number of hydrogen-bond acceptors (Lipinski definition) is 11. The van der Waals surface area contributed by atoms with Crippen molar-refractivity contribution in [3.63, 3.8) is 0 Å². The zero-order chi connectivity index (χ0) is 35.6. The third-order valence-electron chi connectivity index (χ3n) is 7.20. The molecule has 2 aromatic heterocycles. The van der Waals surface area contributed by atoms with Gasteiger partial charge in [-0.3, -0.25) is 23.7 Å². The summed E-state index contributed by atoms with van der Waals surface area (Å²) in [6.07, 6.45) is 2.64. The molecule has 2 heterocycles. The van der Waals surface area contributed by atoms with Crippen LogP contribution in [0, 0.1) is 0 Å². The van der Waals surface area contributed by atoms with Crippen LogP contribution in [0.3, 0.4) is 0 Å². The van der Waals surface area contributed by atoms with Gasteiger partial charge in [0.1, 0.15) is 29.1 Å². The minimum Gasteiger partial charge on any atom is -0.497 e. The Morgan fingerprint density at radius 3 is 1.94 bits per heavy atom. The summed E-state index contributed by atoms with van der Waals surface area (Å²) in [7, 11) is -2.32. The van der Waals surface area contributed by atoms with Crippen LogP contribution in [-0.4, -0.2) is 70.4 Å². The molecule has 258 valence electrons. The number of rotatable bonds is 15. The predicted octanol–water partition coefficient (Wildman–Crippen LogP) is 2.66. The van der Waals surface area contributed by atoms with Gasteiger partial charge in [-0.2, -0.15) is 5.10 Å². The summed E-state index contributed by atoms with van der Waals surface area (Å²) in [5.41, 5.74) is 0.625. The Bertz CT molecular complexity index is 1820. The first-order chi connectivity index (χ1) is 23.5. The molecule has 0 aliphatic carbocycles. The van der Waals surface area contributed by atoms with Crippen molar-refractivity contribution in [1.82, 2.24) is 35.7 Å². The lowest BCUT2D eigenvalue weighted by molar-refractivity contribution is -0.145. The first kappa shape index (κ1) is 36.6. The molecule has 0 bridgehead atoms. The summed E-state index contributed by atoms with van der Waals surface area (Å²) >= 11 is 0. The third-order valence-corrected chi connectivity index (χ3v) is 9.73. The molecule has 0 aliphatic heterocycles. The largest absolute Gasteiger partial charge is 0.497 e. The van der Waals surface area contributed by atoms with Crippen molar-refractivity contribution < 1.29 is 33.2 Å². The second-order valence-electron chi connectivity index (χ2n) is 10.7. The van der Waals surface area contributed by atoms with Crippen LogP contribution < -0.4 is 31.1 Å². The lowest BCUT2D eigenvalue weighted by Crippen LogP contribution is -2.44. The van der Waals surface area contributed by atoms with E-state index >= 15 is 0 Å². The summed E-state index contributed by atoms with van der Waals surface area (Å²) in [4.78, 5) is 58.1. The van der Waals surface area contributed by atoms with Crippen LogP contribution in [0.25, 0.3) is 11.5 Å². The Kier molecular flexibility index (Phi) is 12.5. The van der Waals surface area contributed by atoms with E-state index in [2.05, 4.69) is 35.7 Å². The molecule has 16 heteroatoms.